The van der Waals surface area contributed by atoms with E-state index in [1.165, 1.54) is 7.11 Å². The zero-order chi connectivity index (χ0) is 9.84. The number of hydrogen-bond donors (Lipinski definition) is 1. The standard InChI is InChI=1S/C8H10F2N2O/c1-13-4-7(11)8-6(10)2-5(9)3-12-8/h2-3,7H,4,11H2,1H3/t7-/m0/s1. The molecule has 0 spiro atoms. The van der Waals surface area contributed by atoms with Crippen LogP contribution in [-0.4, -0.2) is 18.7 Å². The molecule has 0 fully saturated rings. The number of rotatable bonds is 3. The van der Waals surface area contributed by atoms with Gasteiger partial charge in [0.05, 0.1) is 24.5 Å². The molecule has 1 aromatic heterocycles. The summed E-state index contributed by atoms with van der Waals surface area (Å²) in [5, 5.41) is 0. The molecule has 2 N–H and O–H groups in total. The predicted molar refractivity (Wildman–Crippen MR) is 43.0 cm³/mol. The fourth-order valence-corrected chi connectivity index (χ4v) is 0.956. The molecular weight excluding hydrogens is 178 g/mol. The zero-order valence-corrected chi connectivity index (χ0v) is 7.13. The number of pyridine rings is 1. The first-order chi connectivity index (χ1) is 6.15. The lowest BCUT2D eigenvalue weighted by Gasteiger charge is -2.09. The second kappa shape index (κ2) is 4.25. The van der Waals surface area contributed by atoms with Gasteiger partial charge in [-0.2, -0.15) is 0 Å². The van der Waals surface area contributed by atoms with Crippen LogP contribution in [0.2, 0.25) is 0 Å². The molecule has 0 amide bonds. The van der Waals surface area contributed by atoms with Crippen LogP contribution in [0.5, 0.6) is 0 Å². The molecule has 1 atom stereocenters. The van der Waals surface area contributed by atoms with Crippen LogP contribution in [0.1, 0.15) is 11.7 Å². The molecule has 0 aliphatic heterocycles. The van der Waals surface area contributed by atoms with E-state index in [2.05, 4.69) is 4.98 Å². The summed E-state index contributed by atoms with van der Waals surface area (Å²) in [5.41, 5.74) is 5.52. The Morgan fingerprint density at radius 2 is 2.31 bits per heavy atom. The van der Waals surface area contributed by atoms with Crippen molar-refractivity contribution in [1.29, 1.82) is 0 Å². The Labute approximate surface area is 74.5 Å². The van der Waals surface area contributed by atoms with Crippen LogP contribution in [-0.2, 0) is 4.74 Å². The average molecular weight is 188 g/mol. The van der Waals surface area contributed by atoms with Gasteiger partial charge in [-0.1, -0.05) is 0 Å². The van der Waals surface area contributed by atoms with Crippen molar-refractivity contribution in [3.63, 3.8) is 0 Å². The highest BCUT2D eigenvalue weighted by molar-refractivity contribution is 5.12. The first kappa shape index (κ1) is 10.0. The molecule has 1 heterocycles. The van der Waals surface area contributed by atoms with Crippen molar-refractivity contribution in [2.75, 3.05) is 13.7 Å². The SMILES string of the molecule is COC[C@H](N)c1ncc(F)cc1F. The van der Waals surface area contributed by atoms with Crippen molar-refractivity contribution in [3.8, 4) is 0 Å². The highest BCUT2D eigenvalue weighted by Gasteiger charge is 2.13. The van der Waals surface area contributed by atoms with Gasteiger partial charge in [-0.05, 0) is 0 Å². The molecule has 0 saturated carbocycles. The summed E-state index contributed by atoms with van der Waals surface area (Å²) in [6.07, 6.45) is 0.925. The van der Waals surface area contributed by atoms with Crippen molar-refractivity contribution in [2.24, 2.45) is 5.73 Å². The normalized spacial score (nSPS) is 12.9. The second-order valence-electron chi connectivity index (χ2n) is 2.58. The Morgan fingerprint density at radius 1 is 1.62 bits per heavy atom. The Kier molecular flexibility index (Phi) is 3.27. The Morgan fingerprint density at radius 3 is 2.85 bits per heavy atom. The molecule has 0 aliphatic rings. The van der Waals surface area contributed by atoms with Crippen molar-refractivity contribution in [1.82, 2.24) is 4.98 Å². The second-order valence-corrected chi connectivity index (χ2v) is 2.58. The molecular formula is C8H10F2N2O. The highest BCUT2D eigenvalue weighted by Crippen LogP contribution is 2.12. The van der Waals surface area contributed by atoms with E-state index < -0.39 is 17.7 Å². The summed E-state index contributed by atoms with van der Waals surface area (Å²) in [5.74, 6) is -1.46. The third kappa shape index (κ3) is 2.43. The van der Waals surface area contributed by atoms with E-state index in [1.807, 2.05) is 0 Å². The van der Waals surface area contributed by atoms with Gasteiger partial charge in [0, 0.05) is 13.2 Å². The maximum atomic E-state index is 13.0. The minimum absolute atomic E-state index is 0.0169. The van der Waals surface area contributed by atoms with Gasteiger partial charge in [0.15, 0.2) is 0 Å². The van der Waals surface area contributed by atoms with E-state index in [-0.39, 0.29) is 12.3 Å². The minimum Gasteiger partial charge on any atom is -0.383 e. The molecule has 3 nitrogen and oxygen atoms in total. The van der Waals surface area contributed by atoms with Crippen molar-refractivity contribution in [3.05, 3.63) is 29.6 Å². The van der Waals surface area contributed by atoms with Crippen molar-refractivity contribution in [2.45, 2.75) is 6.04 Å². The summed E-state index contributed by atoms with van der Waals surface area (Å²) in [4.78, 5) is 3.54. The summed E-state index contributed by atoms with van der Waals surface area (Å²) in [7, 11) is 1.45. The van der Waals surface area contributed by atoms with Gasteiger partial charge in [0.2, 0.25) is 0 Å². The van der Waals surface area contributed by atoms with Gasteiger partial charge in [-0.3, -0.25) is 4.98 Å². The van der Waals surface area contributed by atoms with Crippen molar-refractivity contribution < 1.29 is 13.5 Å². The maximum Gasteiger partial charge on any atom is 0.149 e. The molecule has 1 aromatic rings. The Hall–Kier alpha value is -1.07. The van der Waals surface area contributed by atoms with E-state index in [4.69, 9.17) is 10.5 Å². The molecule has 0 radical (unpaired) electrons. The first-order valence-corrected chi connectivity index (χ1v) is 3.70. The van der Waals surface area contributed by atoms with Crippen LogP contribution in [0.25, 0.3) is 0 Å². The van der Waals surface area contributed by atoms with Gasteiger partial charge in [0.25, 0.3) is 0 Å². The van der Waals surface area contributed by atoms with Crippen LogP contribution in [0.4, 0.5) is 8.78 Å². The van der Waals surface area contributed by atoms with Crippen LogP contribution in [0.3, 0.4) is 0 Å². The number of hydrogen-bond acceptors (Lipinski definition) is 3. The maximum absolute atomic E-state index is 13.0. The number of ether oxygens (including phenoxy) is 1. The lowest BCUT2D eigenvalue weighted by molar-refractivity contribution is 0.178. The molecule has 0 unspecified atom stereocenters. The van der Waals surface area contributed by atoms with E-state index in [1.54, 1.807) is 0 Å². The Bertz CT molecular complexity index is 293. The third-order valence-electron chi connectivity index (χ3n) is 1.53. The van der Waals surface area contributed by atoms with Gasteiger partial charge in [0.1, 0.15) is 11.6 Å². The molecule has 0 aromatic carbocycles. The molecule has 5 heteroatoms. The van der Waals surface area contributed by atoms with E-state index in [0.717, 1.165) is 12.3 Å². The molecule has 0 saturated heterocycles. The number of methoxy groups -OCH3 is 1. The number of nitrogens with zero attached hydrogens (tertiary/aromatic N) is 1. The molecule has 72 valence electrons. The number of halogens is 2. The topological polar surface area (TPSA) is 48.1 Å². The summed E-state index contributed by atoms with van der Waals surface area (Å²) >= 11 is 0. The minimum atomic E-state index is -0.746. The number of aromatic nitrogens is 1. The molecule has 0 aliphatic carbocycles. The van der Waals surface area contributed by atoms with Crippen LogP contribution >= 0.6 is 0 Å². The molecule has 1 rings (SSSR count). The van der Waals surface area contributed by atoms with Gasteiger partial charge < -0.3 is 10.5 Å². The smallest absolute Gasteiger partial charge is 0.149 e. The summed E-state index contributed by atoms with van der Waals surface area (Å²) in [6.45, 7) is 0.148. The Balaban J connectivity index is 2.88. The van der Waals surface area contributed by atoms with Gasteiger partial charge in [-0.15, -0.1) is 0 Å². The largest absolute Gasteiger partial charge is 0.383 e. The van der Waals surface area contributed by atoms with Gasteiger partial charge >= 0.3 is 0 Å². The monoisotopic (exact) mass is 188 g/mol. The summed E-state index contributed by atoms with van der Waals surface area (Å²) < 4.78 is 30.1. The highest BCUT2D eigenvalue weighted by atomic mass is 19.1. The zero-order valence-electron chi connectivity index (χ0n) is 7.13. The first-order valence-electron chi connectivity index (χ1n) is 3.70. The lowest BCUT2D eigenvalue weighted by Crippen LogP contribution is -2.19. The quantitative estimate of drug-likeness (QED) is 0.769. The fraction of sp³-hybridized carbons (Fsp3) is 0.375. The van der Waals surface area contributed by atoms with Crippen molar-refractivity contribution >= 4 is 0 Å². The predicted octanol–water partition coefficient (Wildman–Crippen LogP) is 1.01. The van der Waals surface area contributed by atoms with Crippen LogP contribution in [0.15, 0.2) is 12.3 Å². The third-order valence-corrected chi connectivity index (χ3v) is 1.53. The van der Waals surface area contributed by atoms with Gasteiger partial charge in [-0.25, -0.2) is 8.78 Å². The average Bonchev–Trinajstić information content (AvgIpc) is 2.04. The van der Waals surface area contributed by atoms with E-state index in [0.29, 0.717) is 0 Å². The lowest BCUT2D eigenvalue weighted by atomic mass is 10.2. The molecule has 13 heavy (non-hydrogen) atoms. The van der Waals surface area contributed by atoms with E-state index in [9.17, 15) is 8.78 Å². The summed E-state index contributed by atoms with van der Waals surface area (Å²) in [6, 6.07) is 0.0864. The fourth-order valence-electron chi connectivity index (χ4n) is 0.956. The number of nitrogens with two attached hydrogens (primary N) is 1. The van der Waals surface area contributed by atoms with Crippen LogP contribution < -0.4 is 5.73 Å². The van der Waals surface area contributed by atoms with Crippen LogP contribution in [0, 0.1) is 11.6 Å². The van der Waals surface area contributed by atoms with E-state index >= 15 is 0 Å². The molecule has 0 bridgehead atoms.